The lowest BCUT2D eigenvalue weighted by molar-refractivity contribution is 0.0124. The molecule has 0 aliphatic carbocycles. The number of aromatic nitrogens is 1. The van der Waals surface area contributed by atoms with Gasteiger partial charge in [-0.2, -0.15) is 0 Å². The summed E-state index contributed by atoms with van der Waals surface area (Å²) in [6.07, 6.45) is 0.893. The molecule has 28 heavy (non-hydrogen) atoms. The number of furan rings is 1. The summed E-state index contributed by atoms with van der Waals surface area (Å²) in [4.78, 5) is 12.7. The Balaban J connectivity index is 1.54. The monoisotopic (exact) mass is 405 g/mol. The van der Waals surface area contributed by atoms with E-state index in [2.05, 4.69) is 45.4 Å². The molecule has 7 nitrogen and oxygen atoms in total. The summed E-state index contributed by atoms with van der Waals surface area (Å²) in [7, 11) is 1.80. The maximum absolute atomic E-state index is 5.93. The smallest absolute Gasteiger partial charge is 0.191 e. The number of guanidine groups is 1. The Morgan fingerprint density at radius 2 is 2.04 bits per heavy atom. The van der Waals surface area contributed by atoms with E-state index in [0.29, 0.717) is 0 Å². The van der Waals surface area contributed by atoms with E-state index in [-0.39, 0.29) is 6.04 Å². The minimum absolute atomic E-state index is 0.153. The Kier molecular flexibility index (Phi) is 7.47. The first-order valence-corrected chi connectivity index (χ1v) is 10.6. The first kappa shape index (κ1) is 20.8. The zero-order valence-corrected chi connectivity index (χ0v) is 18.1. The molecule has 1 aliphatic heterocycles. The summed E-state index contributed by atoms with van der Waals surface area (Å²) in [5.74, 6) is 2.72. The Bertz CT molecular complexity index is 760. The van der Waals surface area contributed by atoms with E-state index < -0.39 is 0 Å². The van der Waals surface area contributed by atoms with Crippen LogP contribution >= 0.6 is 11.3 Å². The molecule has 1 atom stereocenters. The number of thiazole rings is 1. The minimum Gasteiger partial charge on any atom is -0.465 e. The van der Waals surface area contributed by atoms with Crippen molar-refractivity contribution in [2.45, 2.75) is 33.2 Å². The number of aliphatic imine (C=N–C) groups is 1. The maximum Gasteiger partial charge on any atom is 0.191 e. The number of nitrogens with one attached hydrogen (secondary N) is 2. The molecule has 3 heterocycles. The van der Waals surface area contributed by atoms with Crippen molar-refractivity contribution in [3.8, 4) is 0 Å². The predicted octanol–water partition coefficient (Wildman–Crippen LogP) is 2.44. The van der Waals surface area contributed by atoms with Gasteiger partial charge in [-0.3, -0.25) is 9.89 Å². The standard InChI is InChI=1S/C20H31N5O2S/c1-14-5-6-18(27-14)17(25-9-11-26-12-10-25)13-23-20(21-4)22-8-7-19-24-15(2)16(3)28-19/h5-6,17H,7-13H2,1-4H3,(H2,21,22,23). The van der Waals surface area contributed by atoms with Crippen LogP contribution in [0, 0.1) is 20.8 Å². The number of ether oxygens (including phenoxy) is 1. The molecule has 3 rings (SSSR count). The third-order valence-corrected chi connectivity index (χ3v) is 6.10. The molecule has 154 valence electrons. The number of rotatable bonds is 7. The Morgan fingerprint density at radius 1 is 1.25 bits per heavy atom. The van der Waals surface area contributed by atoms with Crippen molar-refractivity contribution >= 4 is 17.3 Å². The van der Waals surface area contributed by atoms with Crippen molar-refractivity contribution in [3.05, 3.63) is 39.2 Å². The second-order valence-corrected chi connectivity index (χ2v) is 8.28. The SMILES string of the molecule is CN=C(NCCc1nc(C)c(C)s1)NCC(c1ccc(C)o1)N1CCOCC1. The van der Waals surface area contributed by atoms with Crippen LogP contribution in [-0.4, -0.2) is 62.3 Å². The van der Waals surface area contributed by atoms with Crippen LogP contribution in [0.5, 0.6) is 0 Å². The van der Waals surface area contributed by atoms with E-state index >= 15 is 0 Å². The lowest BCUT2D eigenvalue weighted by Gasteiger charge is -2.33. The largest absolute Gasteiger partial charge is 0.465 e. The van der Waals surface area contributed by atoms with E-state index in [9.17, 15) is 0 Å². The molecule has 0 amide bonds. The number of nitrogens with zero attached hydrogens (tertiary/aromatic N) is 3. The van der Waals surface area contributed by atoms with Crippen LogP contribution in [0.25, 0.3) is 0 Å². The zero-order chi connectivity index (χ0) is 19.9. The van der Waals surface area contributed by atoms with Gasteiger partial charge in [-0.15, -0.1) is 11.3 Å². The van der Waals surface area contributed by atoms with Gasteiger partial charge in [0.2, 0.25) is 0 Å². The highest BCUT2D eigenvalue weighted by molar-refractivity contribution is 7.11. The molecule has 1 saturated heterocycles. The Labute approximate surface area is 171 Å². The Hall–Kier alpha value is -1.90. The van der Waals surface area contributed by atoms with E-state index in [4.69, 9.17) is 9.15 Å². The summed E-state index contributed by atoms with van der Waals surface area (Å²) in [5.41, 5.74) is 1.13. The highest BCUT2D eigenvalue weighted by Crippen LogP contribution is 2.23. The molecular formula is C20H31N5O2S. The molecule has 1 fully saturated rings. The maximum atomic E-state index is 5.93. The van der Waals surface area contributed by atoms with Gasteiger partial charge in [-0.1, -0.05) is 0 Å². The van der Waals surface area contributed by atoms with Gasteiger partial charge >= 0.3 is 0 Å². The second-order valence-electron chi connectivity index (χ2n) is 6.99. The molecule has 2 aromatic heterocycles. The molecule has 0 spiro atoms. The second kappa shape index (κ2) is 10.0. The lowest BCUT2D eigenvalue weighted by atomic mass is 10.1. The number of morpholine rings is 1. The fourth-order valence-corrected chi connectivity index (χ4v) is 4.21. The van der Waals surface area contributed by atoms with Gasteiger partial charge < -0.3 is 19.8 Å². The predicted molar refractivity (Wildman–Crippen MR) is 113 cm³/mol. The number of hydrogen-bond donors (Lipinski definition) is 2. The highest BCUT2D eigenvalue weighted by atomic mass is 32.1. The third-order valence-electron chi connectivity index (χ3n) is 4.97. The number of hydrogen-bond acceptors (Lipinski definition) is 6. The van der Waals surface area contributed by atoms with Gasteiger partial charge in [0.15, 0.2) is 5.96 Å². The van der Waals surface area contributed by atoms with Gasteiger partial charge in [-0.25, -0.2) is 4.98 Å². The van der Waals surface area contributed by atoms with Crippen molar-refractivity contribution < 1.29 is 9.15 Å². The van der Waals surface area contributed by atoms with Crippen LogP contribution in [0.4, 0.5) is 0 Å². The van der Waals surface area contributed by atoms with Crippen molar-refractivity contribution in [1.82, 2.24) is 20.5 Å². The summed E-state index contributed by atoms with van der Waals surface area (Å²) in [6, 6.07) is 4.24. The molecule has 0 radical (unpaired) electrons. The molecule has 1 aliphatic rings. The zero-order valence-electron chi connectivity index (χ0n) is 17.2. The van der Waals surface area contributed by atoms with Gasteiger partial charge in [0.1, 0.15) is 11.5 Å². The topological polar surface area (TPSA) is 74.9 Å². The fraction of sp³-hybridized carbons (Fsp3) is 0.600. The van der Waals surface area contributed by atoms with Crippen molar-refractivity contribution in [2.24, 2.45) is 4.99 Å². The van der Waals surface area contributed by atoms with E-state index in [0.717, 1.165) is 74.0 Å². The average molecular weight is 406 g/mol. The molecule has 2 aromatic rings. The lowest BCUT2D eigenvalue weighted by Crippen LogP contribution is -2.46. The molecule has 0 aromatic carbocycles. The molecular weight excluding hydrogens is 374 g/mol. The van der Waals surface area contributed by atoms with Gasteiger partial charge in [0.05, 0.1) is 30.0 Å². The van der Waals surface area contributed by atoms with Gasteiger partial charge in [0.25, 0.3) is 0 Å². The summed E-state index contributed by atoms with van der Waals surface area (Å²) in [5, 5.41) is 8.01. The summed E-state index contributed by atoms with van der Waals surface area (Å²) >= 11 is 1.77. The molecule has 0 saturated carbocycles. The minimum atomic E-state index is 0.153. The normalized spacial score (nSPS) is 16.9. The van der Waals surface area contributed by atoms with Crippen LogP contribution in [0.1, 0.15) is 33.1 Å². The van der Waals surface area contributed by atoms with E-state index in [1.165, 1.54) is 4.88 Å². The van der Waals surface area contributed by atoms with E-state index in [1.54, 1.807) is 18.4 Å². The molecule has 0 bridgehead atoms. The van der Waals surface area contributed by atoms with Gasteiger partial charge in [-0.05, 0) is 32.9 Å². The van der Waals surface area contributed by atoms with Crippen LogP contribution in [0.15, 0.2) is 21.5 Å². The number of aryl methyl sites for hydroxylation is 3. The quantitative estimate of drug-likeness (QED) is 0.544. The fourth-order valence-electron chi connectivity index (χ4n) is 3.28. The molecule has 1 unspecified atom stereocenters. The van der Waals surface area contributed by atoms with E-state index in [1.807, 2.05) is 13.0 Å². The van der Waals surface area contributed by atoms with Crippen LogP contribution in [0.2, 0.25) is 0 Å². The van der Waals surface area contributed by atoms with Crippen LogP contribution < -0.4 is 10.6 Å². The molecule has 2 N–H and O–H groups in total. The molecule has 8 heteroatoms. The summed E-state index contributed by atoms with van der Waals surface area (Å²) < 4.78 is 11.4. The third kappa shape index (κ3) is 5.56. The van der Waals surface area contributed by atoms with Crippen LogP contribution in [0.3, 0.4) is 0 Å². The first-order valence-electron chi connectivity index (χ1n) is 9.82. The van der Waals surface area contributed by atoms with Crippen molar-refractivity contribution in [3.63, 3.8) is 0 Å². The Morgan fingerprint density at radius 3 is 2.64 bits per heavy atom. The highest BCUT2D eigenvalue weighted by Gasteiger charge is 2.25. The van der Waals surface area contributed by atoms with Gasteiger partial charge in [0, 0.05) is 44.5 Å². The van der Waals surface area contributed by atoms with Crippen LogP contribution in [-0.2, 0) is 11.2 Å². The first-order chi connectivity index (χ1) is 13.6. The summed E-state index contributed by atoms with van der Waals surface area (Å²) in [6.45, 7) is 11.0. The van der Waals surface area contributed by atoms with Crippen molar-refractivity contribution in [1.29, 1.82) is 0 Å². The average Bonchev–Trinajstić information content (AvgIpc) is 3.26. The van der Waals surface area contributed by atoms with Crippen molar-refractivity contribution in [2.75, 3.05) is 46.4 Å².